The van der Waals surface area contributed by atoms with Crippen molar-refractivity contribution in [2.45, 2.75) is 52.4 Å². The lowest BCUT2D eigenvalue weighted by Gasteiger charge is -2.64. The zero-order valence-electron chi connectivity index (χ0n) is 13.6. The first-order chi connectivity index (χ1) is 9.24. The fourth-order valence-corrected chi connectivity index (χ4v) is 6.31. The SMILES string of the molecule is C[NH+](C)CCNC(=O)C12CC3CC(C)(CC(C)(C3)C1)C2. The van der Waals surface area contributed by atoms with Crippen molar-refractivity contribution >= 4 is 5.91 Å². The molecule has 3 nitrogen and oxygen atoms in total. The molecule has 0 aliphatic heterocycles. The standard InChI is InChI=1S/C17H30N2O/c1-15-7-13-8-16(2,10-15)12-17(9-13,11-15)14(20)18-5-6-19(3)4/h13H,5-12H2,1-4H3,(H,18,20)/p+1. The van der Waals surface area contributed by atoms with E-state index in [2.05, 4.69) is 33.3 Å². The summed E-state index contributed by atoms with van der Waals surface area (Å²) in [4.78, 5) is 14.2. The molecule has 4 bridgehead atoms. The van der Waals surface area contributed by atoms with Crippen LogP contribution in [0.1, 0.15) is 52.4 Å². The van der Waals surface area contributed by atoms with E-state index < -0.39 is 0 Å². The number of hydrogen-bond donors (Lipinski definition) is 2. The maximum atomic E-state index is 12.8. The van der Waals surface area contributed by atoms with Gasteiger partial charge in [-0.1, -0.05) is 13.8 Å². The molecule has 0 aromatic rings. The van der Waals surface area contributed by atoms with Gasteiger partial charge in [-0.05, 0) is 55.3 Å². The summed E-state index contributed by atoms with van der Waals surface area (Å²) in [6, 6.07) is 0. The summed E-state index contributed by atoms with van der Waals surface area (Å²) in [5, 5.41) is 3.25. The smallest absolute Gasteiger partial charge is 0.226 e. The maximum Gasteiger partial charge on any atom is 0.226 e. The highest BCUT2D eigenvalue weighted by Crippen LogP contribution is 2.69. The molecule has 2 atom stereocenters. The lowest BCUT2D eigenvalue weighted by molar-refractivity contribution is -0.856. The molecule has 4 saturated carbocycles. The van der Waals surface area contributed by atoms with Gasteiger partial charge in [-0.2, -0.15) is 0 Å². The summed E-state index contributed by atoms with van der Waals surface area (Å²) in [6.07, 6.45) is 7.48. The Kier molecular flexibility index (Phi) is 3.20. The van der Waals surface area contributed by atoms with E-state index in [1.54, 1.807) is 0 Å². The number of amides is 1. The van der Waals surface area contributed by atoms with Gasteiger partial charge in [0.2, 0.25) is 5.91 Å². The van der Waals surface area contributed by atoms with Crippen molar-refractivity contribution in [2.75, 3.05) is 27.2 Å². The Hall–Kier alpha value is -0.570. The van der Waals surface area contributed by atoms with Crippen molar-refractivity contribution in [3.05, 3.63) is 0 Å². The highest BCUT2D eigenvalue weighted by Gasteiger charge is 2.62. The van der Waals surface area contributed by atoms with Crippen LogP contribution in [0.3, 0.4) is 0 Å². The van der Waals surface area contributed by atoms with Crippen LogP contribution in [0.25, 0.3) is 0 Å². The Morgan fingerprint density at radius 3 is 2.20 bits per heavy atom. The average molecular weight is 279 g/mol. The molecule has 0 aromatic carbocycles. The summed E-state index contributed by atoms with van der Waals surface area (Å²) >= 11 is 0. The minimum absolute atomic E-state index is 0.0371. The zero-order chi connectivity index (χ0) is 14.6. The first-order valence-corrected chi connectivity index (χ1v) is 8.32. The van der Waals surface area contributed by atoms with Crippen LogP contribution in [0, 0.1) is 22.2 Å². The molecule has 2 N–H and O–H groups in total. The van der Waals surface area contributed by atoms with Gasteiger partial charge in [0.25, 0.3) is 0 Å². The van der Waals surface area contributed by atoms with E-state index in [0.717, 1.165) is 38.3 Å². The number of likely N-dealkylation sites (N-methyl/N-ethyl adjacent to an activating group) is 1. The quantitative estimate of drug-likeness (QED) is 0.798. The molecule has 20 heavy (non-hydrogen) atoms. The van der Waals surface area contributed by atoms with Crippen LogP contribution in [0.5, 0.6) is 0 Å². The first-order valence-electron chi connectivity index (χ1n) is 8.32. The first kappa shape index (κ1) is 14.4. The van der Waals surface area contributed by atoms with E-state index in [9.17, 15) is 4.79 Å². The van der Waals surface area contributed by atoms with Crippen LogP contribution in [0.2, 0.25) is 0 Å². The number of quaternary nitrogens is 1. The van der Waals surface area contributed by atoms with Crippen molar-refractivity contribution in [3.63, 3.8) is 0 Å². The molecule has 4 aliphatic rings. The van der Waals surface area contributed by atoms with Crippen LogP contribution >= 0.6 is 0 Å². The number of rotatable bonds is 4. The van der Waals surface area contributed by atoms with E-state index in [4.69, 9.17) is 0 Å². The van der Waals surface area contributed by atoms with Crippen molar-refractivity contribution in [1.82, 2.24) is 5.32 Å². The average Bonchev–Trinajstić information content (AvgIpc) is 2.22. The highest BCUT2D eigenvalue weighted by atomic mass is 16.2. The van der Waals surface area contributed by atoms with Crippen LogP contribution in [0.15, 0.2) is 0 Å². The van der Waals surface area contributed by atoms with Crippen LogP contribution in [-0.4, -0.2) is 33.1 Å². The van der Waals surface area contributed by atoms with Crippen molar-refractivity contribution in [2.24, 2.45) is 22.2 Å². The Morgan fingerprint density at radius 1 is 1.10 bits per heavy atom. The molecular weight excluding hydrogens is 248 g/mol. The molecule has 0 radical (unpaired) electrons. The van der Waals surface area contributed by atoms with E-state index in [0.29, 0.717) is 16.7 Å². The van der Waals surface area contributed by atoms with Gasteiger partial charge in [0.05, 0.1) is 32.6 Å². The topological polar surface area (TPSA) is 33.5 Å². The van der Waals surface area contributed by atoms with Crippen molar-refractivity contribution in [3.8, 4) is 0 Å². The fourth-order valence-electron chi connectivity index (χ4n) is 6.31. The van der Waals surface area contributed by atoms with Crippen LogP contribution in [-0.2, 0) is 4.79 Å². The lowest BCUT2D eigenvalue weighted by Crippen LogP contribution is -3.06. The predicted octanol–water partition coefficient (Wildman–Crippen LogP) is 1.24. The number of nitrogens with one attached hydrogen (secondary N) is 2. The van der Waals surface area contributed by atoms with Gasteiger partial charge in [0.15, 0.2) is 0 Å². The molecule has 1 amide bonds. The number of carbonyl (C=O) groups is 1. The zero-order valence-corrected chi connectivity index (χ0v) is 13.6. The molecule has 4 aliphatic carbocycles. The van der Waals surface area contributed by atoms with E-state index in [1.807, 2.05) is 0 Å². The van der Waals surface area contributed by atoms with E-state index in [-0.39, 0.29) is 5.41 Å². The molecule has 2 unspecified atom stereocenters. The van der Waals surface area contributed by atoms with Gasteiger partial charge >= 0.3 is 0 Å². The summed E-state index contributed by atoms with van der Waals surface area (Å²) in [7, 11) is 4.28. The van der Waals surface area contributed by atoms with Gasteiger partial charge in [-0.25, -0.2) is 0 Å². The Labute approximate surface area is 123 Å². The largest absolute Gasteiger partial charge is 0.350 e. The van der Waals surface area contributed by atoms with Crippen LogP contribution in [0.4, 0.5) is 0 Å². The highest BCUT2D eigenvalue weighted by molar-refractivity contribution is 5.83. The van der Waals surface area contributed by atoms with Gasteiger partial charge < -0.3 is 10.2 Å². The minimum atomic E-state index is -0.0371. The van der Waals surface area contributed by atoms with Gasteiger partial charge in [0, 0.05) is 0 Å². The number of hydrogen-bond acceptors (Lipinski definition) is 1. The number of carbonyl (C=O) groups excluding carboxylic acids is 1. The molecular formula is C17H31N2O+. The second kappa shape index (κ2) is 4.46. The Bertz CT molecular complexity index is 399. The van der Waals surface area contributed by atoms with Crippen LogP contribution < -0.4 is 10.2 Å². The predicted molar refractivity (Wildman–Crippen MR) is 80.5 cm³/mol. The van der Waals surface area contributed by atoms with Gasteiger partial charge in [-0.3, -0.25) is 4.79 Å². The molecule has 4 fully saturated rings. The van der Waals surface area contributed by atoms with Crippen molar-refractivity contribution < 1.29 is 9.69 Å². The summed E-state index contributed by atoms with van der Waals surface area (Å²) < 4.78 is 0. The molecule has 3 heteroatoms. The third-order valence-electron chi connectivity index (χ3n) is 6.02. The van der Waals surface area contributed by atoms with Gasteiger partial charge in [0.1, 0.15) is 0 Å². The second-order valence-corrected chi connectivity index (χ2v) is 9.12. The lowest BCUT2D eigenvalue weighted by atomic mass is 9.40. The third-order valence-corrected chi connectivity index (χ3v) is 6.02. The minimum Gasteiger partial charge on any atom is -0.350 e. The molecule has 0 saturated heterocycles. The monoisotopic (exact) mass is 279 g/mol. The Morgan fingerprint density at radius 2 is 1.70 bits per heavy atom. The second-order valence-electron chi connectivity index (χ2n) is 9.12. The normalized spacial score (nSPS) is 46.0. The molecule has 114 valence electrons. The van der Waals surface area contributed by atoms with E-state index >= 15 is 0 Å². The van der Waals surface area contributed by atoms with Crippen molar-refractivity contribution in [1.29, 1.82) is 0 Å². The summed E-state index contributed by atoms with van der Waals surface area (Å²) in [6.45, 7) is 6.70. The Balaban J connectivity index is 1.73. The molecule has 0 aromatic heterocycles. The van der Waals surface area contributed by atoms with Gasteiger partial charge in [-0.15, -0.1) is 0 Å². The molecule has 0 spiro atoms. The fraction of sp³-hybridized carbons (Fsp3) is 0.941. The maximum absolute atomic E-state index is 12.8. The van der Waals surface area contributed by atoms with E-state index in [1.165, 1.54) is 24.2 Å². The summed E-state index contributed by atoms with van der Waals surface area (Å²) in [5.74, 6) is 1.16. The molecule has 0 heterocycles. The third kappa shape index (κ3) is 2.38. The summed E-state index contributed by atoms with van der Waals surface area (Å²) in [5.41, 5.74) is 0.821. The molecule has 4 rings (SSSR count).